The zero-order chi connectivity index (χ0) is 18.1. The van der Waals surface area contributed by atoms with E-state index < -0.39 is 4.92 Å². The Balaban J connectivity index is 1.72. The number of carbonyl (C=O) groups is 1. The van der Waals surface area contributed by atoms with Gasteiger partial charge in [-0.25, -0.2) is 0 Å². The number of fused-ring (bicyclic) bond motifs is 1. The third-order valence-corrected chi connectivity index (χ3v) is 4.74. The highest BCUT2D eigenvalue weighted by molar-refractivity contribution is 5.95. The number of rotatable bonds is 3. The lowest BCUT2D eigenvalue weighted by Crippen LogP contribution is -2.42. The van der Waals surface area contributed by atoms with Crippen molar-refractivity contribution in [2.45, 2.75) is 12.6 Å². The first-order valence-corrected chi connectivity index (χ1v) is 8.40. The van der Waals surface area contributed by atoms with Gasteiger partial charge in [0.15, 0.2) is 0 Å². The number of amides is 1. The predicted octanol–water partition coefficient (Wildman–Crippen LogP) is 3.64. The molecule has 1 atom stereocenters. The van der Waals surface area contributed by atoms with E-state index in [1.807, 2.05) is 53.6 Å². The molecule has 0 unspecified atom stereocenters. The molecule has 1 aliphatic rings. The summed E-state index contributed by atoms with van der Waals surface area (Å²) < 4.78 is 2.16. The van der Waals surface area contributed by atoms with Gasteiger partial charge in [0.25, 0.3) is 11.6 Å². The second-order valence-corrected chi connectivity index (χ2v) is 6.24. The zero-order valence-electron chi connectivity index (χ0n) is 14.0. The smallest absolute Gasteiger partial charge is 0.269 e. The van der Waals surface area contributed by atoms with Crippen molar-refractivity contribution in [2.24, 2.45) is 0 Å². The fourth-order valence-electron chi connectivity index (χ4n) is 3.48. The van der Waals surface area contributed by atoms with Gasteiger partial charge in [0.05, 0.1) is 11.0 Å². The van der Waals surface area contributed by atoms with Gasteiger partial charge in [-0.05, 0) is 29.8 Å². The zero-order valence-corrected chi connectivity index (χ0v) is 14.0. The first-order valence-electron chi connectivity index (χ1n) is 8.40. The Labute approximate surface area is 150 Å². The largest absolute Gasteiger partial charge is 0.348 e. The van der Waals surface area contributed by atoms with Crippen LogP contribution in [0.2, 0.25) is 0 Å². The lowest BCUT2D eigenvalue weighted by Gasteiger charge is -2.37. The summed E-state index contributed by atoms with van der Waals surface area (Å²) in [5, 5.41) is 10.8. The Morgan fingerprint density at radius 2 is 1.69 bits per heavy atom. The lowest BCUT2D eigenvalue weighted by molar-refractivity contribution is -0.384. The van der Waals surface area contributed by atoms with E-state index in [-0.39, 0.29) is 17.6 Å². The van der Waals surface area contributed by atoms with Crippen molar-refractivity contribution in [3.63, 3.8) is 0 Å². The second-order valence-electron chi connectivity index (χ2n) is 6.24. The molecule has 6 nitrogen and oxygen atoms in total. The molecule has 0 saturated carbocycles. The van der Waals surface area contributed by atoms with Gasteiger partial charge >= 0.3 is 0 Å². The summed E-state index contributed by atoms with van der Waals surface area (Å²) >= 11 is 0. The number of non-ortho nitro benzene ring substituents is 1. The van der Waals surface area contributed by atoms with E-state index in [0.717, 1.165) is 17.8 Å². The van der Waals surface area contributed by atoms with E-state index in [2.05, 4.69) is 4.57 Å². The van der Waals surface area contributed by atoms with Crippen molar-refractivity contribution in [3.8, 4) is 0 Å². The first kappa shape index (κ1) is 16.1. The number of aromatic nitrogens is 1. The van der Waals surface area contributed by atoms with E-state index in [9.17, 15) is 14.9 Å². The lowest BCUT2D eigenvalue weighted by atomic mass is 9.99. The van der Waals surface area contributed by atoms with Crippen LogP contribution in [0.1, 0.15) is 27.7 Å². The predicted molar refractivity (Wildman–Crippen MR) is 96.8 cm³/mol. The van der Waals surface area contributed by atoms with Gasteiger partial charge in [-0.2, -0.15) is 0 Å². The summed E-state index contributed by atoms with van der Waals surface area (Å²) in [6.07, 6.45) is 2.03. The number of nitrogens with zero attached hydrogens (tertiary/aromatic N) is 3. The number of hydrogen-bond donors (Lipinski definition) is 0. The number of benzene rings is 2. The van der Waals surface area contributed by atoms with Crippen molar-refractivity contribution in [2.75, 3.05) is 6.54 Å². The van der Waals surface area contributed by atoms with Crippen LogP contribution in [0.3, 0.4) is 0 Å². The van der Waals surface area contributed by atoms with Crippen LogP contribution in [0, 0.1) is 10.1 Å². The van der Waals surface area contributed by atoms with Gasteiger partial charge < -0.3 is 9.47 Å². The maximum atomic E-state index is 13.1. The van der Waals surface area contributed by atoms with Crippen molar-refractivity contribution in [1.82, 2.24) is 9.47 Å². The number of hydrogen-bond acceptors (Lipinski definition) is 3. The number of nitro groups is 1. The molecular weight excluding hydrogens is 330 g/mol. The molecule has 0 fully saturated rings. The quantitative estimate of drug-likeness (QED) is 0.536. The minimum Gasteiger partial charge on any atom is -0.348 e. The molecule has 26 heavy (non-hydrogen) atoms. The Morgan fingerprint density at radius 1 is 0.962 bits per heavy atom. The molecule has 3 aromatic rings. The molecule has 0 bridgehead atoms. The average molecular weight is 347 g/mol. The monoisotopic (exact) mass is 347 g/mol. The number of nitro benzene ring substituents is 1. The SMILES string of the molecule is O=C(c1ccc([N+](=O)[O-])cc1)N1CCn2cccc2[C@@H]1c1ccccc1. The fourth-order valence-corrected chi connectivity index (χ4v) is 3.48. The van der Waals surface area contributed by atoms with E-state index in [1.54, 1.807) is 0 Å². The summed E-state index contributed by atoms with van der Waals surface area (Å²) in [7, 11) is 0. The van der Waals surface area contributed by atoms with E-state index in [0.29, 0.717) is 12.1 Å². The summed E-state index contributed by atoms with van der Waals surface area (Å²) in [4.78, 5) is 25.4. The van der Waals surface area contributed by atoms with Crippen LogP contribution in [0.15, 0.2) is 72.9 Å². The summed E-state index contributed by atoms with van der Waals surface area (Å²) in [5.74, 6) is -0.124. The molecule has 6 heteroatoms. The van der Waals surface area contributed by atoms with Gasteiger partial charge in [-0.1, -0.05) is 30.3 Å². The molecule has 4 rings (SSSR count). The molecule has 0 radical (unpaired) electrons. The standard InChI is InChI=1S/C20H17N3O3/c24-20(16-8-10-17(11-9-16)23(25)26)22-14-13-21-12-4-7-18(21)19(22)15-5-2-1-3-6-15/h1-12,19H,13-14H2/t19-/m0/s1. The van der Waals surface area contributed by atoms with Crippen LogP contribution in [-0.4, -0.2) is 26.8 Å². The number of carbonyl (C=O) groups excluding carboxylic acids is 1. The van der Waals surface area contributed by atoms with Crippen LogP contribution < -0.4 is 0 Å². The van der Waals surface area contributed by atoms with Crippen LogP contribution in [0.25, 0.3) is 0 Å². The third-order valence-electron chi connectivity index (χ3n) is 4.74. The molecule has 0 N–H and O–H groups in total. The van der Waals surface area contributed by atoms with Crippen molar-refractivity contribution in [1.29, 1.82) is 0 Å². The van der Waals surface area contributed by atoms with Gasteiger partial charge in [0.2, 0.25) is 0 Å². The normalized spacial score (nSPS) is 16.2. The van der Waals surface area contributed by atoms with Crippen molar-refractivity contribution < 1.29 is 9.72 Å². The summed E-state index contributed by atoms with van der Waals surface area (Å²) in [5.41, 5.74) is 2.55. The fraction of sp³-hybridized carbons (Fsp3) is 0.150. The van der Waals surface area contributed by atoms with E-state index in [1.165, 1.54) is 24.3 Å². The Kier molecular flexibility index (Phi) is 4.01. The van der Waals surface area contributed by atoms with Gasteiger partial charge in [-0.15, -0.1) is 0 Å². The van der Waals surface area contributed by atoms with Crippen molar-refractivity contribution >= 4 is 11.6 Å². The summed E-state index contributed by atoms with van der Waals surface area (Å²) in [6, 6.07) is 19.6. The Bertz CT molecular complexity index is 948. The highest BCUT2D eigenvalue weighted by atomic mass is 16.6. The topological polar surface area (TPSA) is 68.4 Å². The maximum absolute atomic E-state index is 13.1. The molecule has 0 spiro atoms. The van der Waals surface area contributed by atoms with Gasteiger partial charge in [0.1, 0.15) is 0 Å². The molecule has 0 saturated heterocycles. The minimum absolute atomic E-state index is 0.0197. The molecule has 0 aliphatic carbocycles. The molecule has 2 heterocycles. The van der Waals surface area contributed by atoms with E-state index in [4.69, 9.17) is 0 Å². The Morgan fingerprint density at radius 3 is 2.38 bits per heavy atom. The maximum Gasteiger partial charge on any atom is 0.269 e. The summed E-state index contributed by atoms with van der Waals surface area (Å²) in [6.45, 7) is 1.31. The van der Waals surface area contributed by atoms with Crippen LogP contribution in [0.4, 0.5) is 5.69 Å². The third kappa shape index (κ3) is 2.75. The highest BCUT2D eigenvalue weighted by Crippen LogP contribution is 2.33. The van der Waals surface area contributed by atoms with Gasteiger partial charge in [-0.3, -0.25) is 14.9 Å². The van der Waals surface area contributed by atoms with Crippen LogP contribution in [-0.2, 0) is 6.54 Å². The molecule has 1 aliphatic heterocycles. The Hall–Kier alpha value is -3.41. The van der Waals surface area contributed by atoms with Gasteiger partial charge in [0, 0.05) is 42.7 Å². The second kappa shape index (κ2) is 6.48. The van der Waals surface area contributed by atoms with E-state index >= 15 is 0 Å². The molecule has 2 aromatic carbocycles. The molecule has 1 aromatic heterocycles. The van der Waals surface area contributed by atoms with Crippen LogP contribution >= 0.6 is 0 Å². The minimum atomic E-state index is -0.463. The molecule has 130 valence electrons. The molecule has 1 amide bonds. The van der Waals surface area contributed by atoms with Crippen molar-refractivity contribution in [3.05, 3.63) is 99.9 Å². The molecular formula is C20H17N3O3. The van der Waals surface area contributed by atoms with Crippen LogP contribution in [0.5, 0.6) is 0 Å². The first-order chi connectivity index (χ1) is 12.6. The average Bonchev–Trinajstić information content (AvgIpc) is 3.16. The highest BCUT2D eigenvalue weighted by Gasteiger charge is 2.32.